The van der Waals surface area contributed by atoms with E-state index >= 15 is 0 Å². The first kappa shape index (κ1) is 12.5. The highest BCUT2D eigenvalue weighted by Crippen LogP contribution is 2.36. The predicted molar refractivity (Wildman–Crippen MR) is 58.4 cm³/mol. The maximum absolute atomic E-state index is 12.5. The van der Waals surface area contributed by atoms with E-state index in [0.29, 0.717) is 13.1 Å². The first-order valence-corrected chi connectivity index (χ1v) is 5.44. The van der Waals surface area contributed by atoms with Crippen LogP contribution in [0.1, 0.15) is 12.5 Å². The van der Waals surface area contributed by atoms with Crippen molar-refractivity contribution in [3.05, 3.63) is 28.8 Å². The highest BCUT2D eigenvalue weighted by molar-refractivity contribution is 6.32. The van der Waals surface area contributed by atoms with Crippen molar-refractivity contribution < 1.29 is 17.9 Å². The Balaban J connectivity index is 2.26. The first-order chi connectivity index (χ1) is 7.80. The van der Waals surface area contributed by atoms with Crippen molar-refractivity contribution in [2.45, 2.75) is 18.7 Å². The Kier molecular flexibility index (Phi) is 2.99. The molecule has 1 saturated heterocycles. The molecule has 0 amide bonds. The van der Waals surface area contributed by atoms with Crippen molar-refractivity contribution >= 4 is 11.6 Å². The molecule has 94 valence electrons. The fourth-order valence-corrected chi connectivity index (χ4v) is 1.73. The highest BCUT2D eigenvalue weighted by atomic mass is 35.5. The summed E-state index contributed by atoms with van der Waals surface area (Å²) in [5.41, 5.74) is -1.23. The SMILES string of the molecule is CC1(Oc2cc(C(F)(F)F)ccc2Cl)CNC1. The van der Waals surface area contributed by atoms with Crippen LogP contribution in [0.2, 0.25) is 5.02 Å². The predicted octanol–water partition coefficient (Wildman–Crippen LogP) is 3.10. The van der Waals surface area contributed by atoms with Gasteiger partial charge in [0, 0.05) is 13.1 Å². The van der Waals surface area contributed by atoms with Crippen LogP contribution in [0.25, 0.3) is 0 Å². The molecule has 0 saturated carbocycles. The van der Waals surface area contributed by atoms with E-state index in [2.05, 4.69) is 5.32 Å². The van der Waals surface area contributed by atoms with E-state index in [9.17, 15) is 13.2 Å². The Labute approximate surface area is 102 Å². The molecular weight excluding hydrogens is 255 g/mol. The minimum absolute atomic E-state index is 0.0745. The second-order valence-corrected chi connectivity index (χ2v) is 4.71. The molecule has 1 aliphatic rings. The zero-order chi connectivity index (χ0) is 12.7. The molecule has 0 unspecified atom stereocenters. The van der Waals surface area contributed by atoms with E-state index in [1.54, 1.807) is 0 Å². The van der Waals surface area contributed by atoms with Crippen LogP contribution in [0.5, 0.6) is 5.75 Å². The molecule has 1 aliphatic heterocycles. The van der Waals surface area contributed by atoms with Crippen molar-refractivity contribution in [3.8, 4) is 5.75 Å². The molecule has 17 heavy (non-hydrogen) atoms. The Morgan fingerprint density at radius 2 is 2.00 bits per heavy atom. The van der Waals surface area contributed by atoms with Gasteiger partial charge in [-0.1, -0.05) is 11.6 Å². The van der Waals surface area contributed by atoms with E-state index in [1.165, 1.54) is 6.07 Å². The average molecular weight is 266 g/mol. The molecule has 0 atom stereocenters. The lowest BCUT2D eigenvalue weighted by Crippen LogP contribution is -2.61. The van der Waals surface area contributed by atoms with Crippen LogP contribution in [0.3, 0.4) is 0 Å². The number of nitrogens with one attached hydrogen (secondary N) is 1. The Morgan fingerprint density at radius 1 is 1.35 bits per heavy atom. The summed E-state index contributed by atoms with van der Waals surface area (Å²) in [4.78, 5) is 0. The highest BCUT2D eigenvalue weighted by Gasteiger charge is 2.36. The van der Waals surface area contributed by atoms with Gasteiger partial charge < -0.3 is 10.1 Å². The summed E-state index contributed by atoms with van der Waals surface area (Å²) in [5.74, 6) is 0.0745. The molecule has 2 rings (SSSR count). The van der Waals surface area contributed by atoms with Gasteiger partial charge in [-0.2, -0.15) is 13.2 Å². The van der Waals surface area contributed by atoms with Gasteiger partial charge in [-0.25, -0.2) is 0 Å². The van der Waals surface area contributed by atoms with Gasteiger partial charge in [-0.3, -0.25) is 0 Å². The number of halogens is 4. The largest absolute Gasteiger partial charge is 0.483 e. The third-order valence-electron chi connectivity index (χ3n) is 2.61. The van der Waals surface area contributed by atoms with Crippen LogP contribution < -0.4 is 10.1 Å². The Bertz CT molecular complexity index is 429. The molecular formula is C11H11ClF3NO. The van der Waals surface area contributed by atoms with Gasteiger partial charge in [0.2, 0.25) is 0 Å². The quantitative estimate of drug-likeness (QED) is 0.887. The van der Waals surface area contributed by atoms with Crippen molar-refractivity contribution in [2.24, 2.45) is 0 Å². The molecule has 1 aromatic rings. The number of alkyl halides is 3. The monoisotopic (exact) mass is 265 g/mol. The van der Waals surface area contributed by atoms with Crippen LogP contribution in [0.4, 0.5) is 13.2 Å². The summed E-state index contributed by atoms with van der Waals surface area (Å²) in [6, 6.07) is 3.08. The van der Waals surface area contributed by atoms with Crippen molar-refractivity contribution in [1.82, 2.24) is 5.32 Å². The zero-order valence-electron chi connectivity index (χ0n) is 9.07. The van der Waals surface area contributed by atoms with Gasteiger partial charge in [-0.05, 0) is 25.1 Å². The Hall–Kier alpha value is -0.940. The number of benzene rings is 1. The number of hydrogen-bond donors (Lipinski definition) is 1. The fraction of sp³-hybridized carbons (Fsp3) is 0.455. The normalized spacial score (nSPS) is 18.6. The summed E-state index contributed by atoms with van der Waals surface area (Å²) in [6.45, 7) is 3.01. The van der Waals surface area contributed by atoms with Gasteiger partial charge in [0.15, 0.2) is 0 Å². The minimum atomic E-state index is -4.39. The van der Waals surface area contributed by atoms with Crippen molar-refractivity contribution in [3.63, 3.8) is 0 Å². The fourth-order valence-electron chi connectivity index (χ4n) is 1.57. The zero-order valence-corrected chi connectivity index (χ0v) is 9.82. The minimum Gasteiger partial charge on any atom is -0.483 e. The molecule has 0 spiro atoms. The molecule has 6 heteroatoms. The standard InChI is InChI=1S/C11H11ClF3NO/c1-10(5-16-6-10)17-9-4-7(11(13,14)15)2-3-8(9)12/h2-4,16H,5-6H2,1H3. The second kappa shape index (κ2) is 4.07. The first-order valence-electron chi connectivity index (χ1n) is 5.07. The third-order valence-corrected chi connectivity index (χ3v) is 2.93. The summed E-state index contributed by atoms with van der Waals surface area (Å²) in [6.07, 6.45) is -4.39. The van der Waals surface area contributed by atoms with Gasteiger partial charge in [0.25, 0.3) is 0 Å². The molecule has 0 radical (unpaired) electrons. The summed E-state index contributed by atoms with van der Waals surface area (Å²) < 4.78 is 43.1. The summed E-state index contributed by atoms with van der Waals surface area (Å²) in [5, 5.41) is 3.18. The van der Waals surface area contributed by atoms with Crippen LogP contribution in [-0.4, -0.2) is 18.7 Å². The topological polar surface area (TPSA) is 21.3 Å². The maximum atomic E-state index is 12.5. The van der Waals surface area contributed by atoms with Gasteiger partial charge >= 0.3 is 6.18 Å². The van der Waals surface area contributed by atoms with Gasteiger partial charge in [0.1, 0.15) is 11.4 Å². The molecule has 1 fully saturated rings. The molecule has 0 aromatic heterocycles. The number of hydrogen-bond acceptors (Lipinski definition) is 2. The van der Waals surface area contributed by atoms with E-state index in [0.717, 1.165) is 12.1 Å². The van der Waals surface area contributed by atoms with E-state index in [1.807, 2.05) is 6.92 Å². The van der Waals surface area contributed by atoms with Crippen LogP contribution in [0, 0.1) is 0 Å². The lowest BCUT2D eigenvalue weighted by atomic mass is 10.00. The van der Waals surface area contributed by atoms with Crippen molar-refractivity contribution in [1.29, 1.82) is 0 Å². The summed E-state index contributed by atoms with van der Waals surface area (Å²) >= 11 is 5.82. The van der Waals surface area contributed by atoms with Gasteiger partial charge in [-0.15, -0.1) is 0 Å². The van der Waals surface area contributed by atoms with E-state index < -0.39 is 17.3 Å². The van der Waals surface area contributed by atoms with E-state index in [4.69, 9.17) is 16.3 Å². The smallest absolute Gasteiger partial charge is 0.416 e. The summed E-state index contributed by atoms with van der Waals surface area (Å²) in [7, 11) is 0. The molecule has 2 nitrogen and oxygen atoms in total. The third kappa shape index (κ3) is 2.66. The van der Waals surface area contributed by atoms with Crippen LogP contribution in [0.15, 0.2) is 18.2 Å². The average Bonchev–Trinajstić information content (AvgIpc) is 2.17. The molecule has 0 aliphatic carbocycles. The second-order valence-electron chi connectivity index (χ2n) is 4.30. The van der Waals surface area contributed by atoms with Crippen LogP contribution >= 0.6 is 11.6 Å². The van der Waals surface area contributed by atoms with Crippen molar-refractivity contribution in [2.75, 3.05) is 13.1 Å². The molecule has 1 aromatic carbocycles. The maximum Gasteiger partial charge on any atom is 0.416 e. The van der Waals surface area contributed by atoms with Crippen LogP contribution in [-0.2, 0) is 6.18 Å². The molecule has 1 N–H and O–H groups in total. The Morgan fingerprint density at radius 3 is 2.47 bits per heavy atom. The number of ether oxygens (including phenoxy) is 1. The lowest BCUT2D eigenvalue weighted by molar-refractivity contribution is -0.137. The molecule has 1 heterocycles. The lowest BCUT2D eigenvalue weighted by Gasteiger charge is -2.39. The van der Waals surface area contributed by atoms with E-state index in [-0.39, 0.29) is 10.8 Å². The van der Waals surface area contributed by atoms with Gasteiger partial charge in [0.05, 0.1) is 10.6 Å². The molecule has 0 bridgehead atoms. The number of rotatable bonds is 2.